The molecule has 29 heavy (non-hydrogen) atoms. The van der Waals surface area contributed by atoms with E-state index in [-0.39, 0.29) is 23.5 Å². The minimum atomic E-state index is -3.69. The third kappa shape index (κ3) is 5.09. The molecule has 7 nitrogen and oxygen atoms in total. The Labute approximate surface area is 179 Å². The highest BCUT2D eigenvalue weighted by atomic mass is 35.5. The molecule has 1 amide bonds. The van der Waals surface area contributed by atoms with Crippen LogP contribution in [0.25, 0.3) is 5.70 Å². The Morgan fingerprint density at radius 1 is 1.00 bits per heavy atom. The SMILES string of the molecule is C=C(NNC(=O)c1cccc(S(=O)(=O)N2CCOCC2)c1)c1ccc(Cl)c(Cl)c1. The van der Waals surface area contributed by atoms with Gasteiger partial charge in [0.25, 0.3) is 5.91 Å². The van der Waals surface area contributed by atoms with E-state index in [9.17, 15) is 13.2 Å². The van der Waals surface area contributed by atoms with Gasteiger partial charge in [0.05, 0.1) is 33.9 Å². The first-order valence-corrected chi connectivity index (χ1v) is 10.9. The van der Waals surface area contributed by atoms with E-state index in [1.54, 1.807) is 18.2 Å². The molecule has 3 rings (SSSR count). The second-order valence-corrected chi connectivity index (χ2v) is 8.98. The maximum Gasteiger partial charge on any atom is 0.269 e. The predicted octanol–water partition coefficient (Wildman–Crippen LogP) is 2.92. The average Bonchev–Trinajstić information content (AvgIpc) is 2.74. The van der Waals surface area contributed by atoms with E-state index in [2.05, 4.69) is 17.4 Å². The van der Waals surface area contributed by atoms with Crippen LogP contribution in [0.3, 0.4) is 0 Å². The van der Waals surface area contributed by atoms with Gasteiger partial charge in [-0.2, -0.15) is 4.31 Å². The van der Waals surface area contributed by atoms with E-state index in [0.29, 0.717) is 34.5 Å². The molecule has 0 radical (unpaired) electrons. The van der Waals surface area contributed by atoms with Crippen LogP contribution in [-0.4, -0.2) is 44.9 Å². The summed E-state index contributed by atoms with van der Waals surface area (Å²) in [5.41, 5.74) is 6.42. The van der Waals surface area contributed by atoms with Crippen LogP contribution in [-0.2, 0) is 14.8 Å². The molecule has 10 heteroatoms. The van der Waals surface area contributed by atoms with Gasteiger partial charge >= 0.3 is 0 Å². The van der Waals surface area contributed by atoms with Gasteiger partial charge in [-0.1, -0.05) is 41.9 Å². The highest BCUT2D eigenvalue weighted by Crippen LogP contribution is 2.24. The molecule has 1 aliphatic rings. The zero-order valence-electron chi connectivity index (χ0n) is 15.3. The monoisotopic (exact) mass is 455 g/mol. The van der Waals surface area contributed by atoms with Crippen LogP contribution in [0.1, 0.15) is 15.9 Å². The number of carbonyl (C=O) groups is 1. The van der Waals surface area contributed by atoms with Crippen LogP contribution in [0, 0.1) is 0 Å². The Hall–Kier alpha value is -2.10. The molecule has 0 unspecified atom stereocenters. The molecular weight excluding hydrogens is 437 g/mol. The van der Waals surface area contributed by atoms with Crippen molar-refractivity contribution in [3.63, 3.8) is 0 Å². The summed E-state index contributed by atoms with van der Waals surface area (Å²) in [6.07, 6.45) is 0. The zero-order chi connectivity index (χ0) is 21.0. The summed E-state index contributed by atoms with van der Waals surface area (Å²) in [4.78, 5) is 12.5. The van der Waals surface area contributed by atoms with Crippen molar-refractivity contribution in [2.24, 2.45) is 0 Å². The van der Waals surface area contributed by atoms with E-state index >= 15 is 0 Å². The number of hydrogen-bond donors (Lipinski definition) is 2. The van der Waals surface area contributed by atoms with Crippen molar-refractivity contribution in [1.29, 1.82) is 0 Å². The molecule has 1 heterocycles. The highest BCUT2D eigenvalue weighted by Gasteiger charge is 2.26. The highest BCUT2D eigenvalue weighted by molar-refractivity contribution is 7.89. The van der Waals surface area contributed by atoms with E-state index < -0.39 is 15.9 Å². The third-order valence-corrected chi connectivity index (χ3v) is 6.93. The van der Waals surface area contributed by atoms with Crippen molar-refractivity contribution in [3.8, 4) is 0 Å². The number of amides is 1. The number of hydrazine groups is 1. The maximum absolute atomic E-state index is 12.8. The number of ether oxygens (including phenoxy) is 1. The van der Waals surface area contributed by atoms with Gasteiger partial charge < -0.3 is 4.74 Å². The van der Waals surface area contributed by atoms with Crippen LogP contribution in [0.5, 0.6) is 0 Å². The van der Waals surface area contributed by atoms with Crippen molar-refractivity contribution in [2.45, 2.75) is 4.90 Å². The van der Waals surface area contributed by atoms with Crippen LogP contribution in [0.2, 0.25) is 10.0 Å². The summed E-state index contributed by atoms with van der Waals surface area (Å²) in [5.74, 6) is -0.509. The Balaban J connectivity index is 1.69. The number of nitrogens with zero attached hydrogens (tertiary/aromatic N) is 1. The lowest BCUT2D eigenvalue weighted by molar-refractivity contribution is 0.0730. The Morgan fingerprint density at radius 3 is 2.41 bits per heavy atom. The molecule has 0 aromatic heterocycles. The Bertz CT molecular complexity index is 1040. The standard InChI is InChI=1S/C19H19Cl2N3O4S/c1-13(14-5-6-17(20)18(21)12-14)22-23-19(25)15-3-2-4-16(11-15)29(26,27)24-7-9-28-10-8-24/h2-6,11-12,22H,1,7-10H2,(H,23,25). The third-order valence-electron chi connectivity index (χ3n) is 4.30. The van der Waals surface area contributed by atoms with Gasteiger partial charge in [0, 0.05) is 24.2 Å². The molecule has 0 saturated carbocycles. The number of sulfonamides is 1. The molecule has 0 bridgehead atoms. The summed E-state index contributed by atoms with van der Waals surface area (Å²) in [7, 11) is -3.69. The second-order valence-electron chi connectivity index (χ2n) is 6.23. The van der Waals surface area contributed by atoms with Gasteiger partial charge in [0.2, 0.25) is 10.0 Å². The molecule has 2 aromatic carbocycles. The first-order valence-electron chi connectivity index (χ1n) is 8.67. The molecule has 2 N–H and O–H groups in total. The van der Waals surface area contributed by atoms with E-state index in [1.165, 1.54) is 28.6 Å². The van der Waals surface area contributed by atoms with Crippen LogP contribution in [0.15, 0.2) is 53.9 Å². The Kier molecular flexibility index (Phi) is 6.81. The smallest absolute Gasteiger partial charge is 0.269 e. The molecule has 0 atom stereocenters. The molecule has 154 valence electrons. The molecular formula is C19H19Cl2N3O4S. The van der Waals surface area contributed by atoms with E-state index in [4.69, 9.17) is 27.9 Å². The quantitative estimate of drug-likeness (QED) is 0.653. The summed E-state index contributed by atoms with van der Waals surface area (Å²) >= 11 is 11.9. The fourth-order valence-electron chi connectivity index (χ4n) is 2.69. The van der Waals surface area contributed by atoms with Gasteiger partial charge in [0.1, 0.15) is 0 Å². The lowest BCUT2D eigenvalue weighted by Crippen LogP contribution is -2.40. The van der Waals surface area contributed by atoms with Crippen molar-refractivity contribution in [2.75, 3.05) is 26.3 Å². The lowest BCUT2D eigenvalue weighted by atomic mass is 10.2. The number of benzene rings is 2. The zero-order valence-corrected chi connectivity index (χ0v) is 17.6. The number of carbonyl (C=O) groups excluding carboxylic acids is 1. The summed E-state index contributed by atoms with van der Waals surface area (Å²) in [6, 6.07) is 10.8. The first kappa shape index (κ1) is 21.6. The average molecular weight is 456 g/mol. The van der Waals surface area contributed by atoms with E-state index in [1.807, 2.05) is 0 Å². The minimum absolute atomic E-state index is 0.0513. The van der Waals surface area contributed by atoms with Crippen molar-refractivity contribution in [3.05, 3.63) is 70.2 Å². The number of rotatable bonds is 6. The van der Waals surface area contributed by atoms with E-state index in [0.717, 1.165) is 0 Å². The van der Waals surface area contributed by atoms with Gasteiger partial charge in [-0.15, -0.1) is 0 Å². The van der Waals surface area contributed by atoms with Gasteiger partial charge in [-0.05, 0) is 30.3 Å². The summed E-state index contributed by atoms with van der Waals surface area (Å²) < 4.78 is 32.1. The number of nitrogens with one attached hydrogen (secondary N) is 2. The lowest BCUT2D eigenvalue weighted by Gasteiger charge is -2.26. The number of hydrogen-bond acceptors (Lipinski definition) is 5. The van der Waals surface area contributed by atoms with Gasteiger partial charge in [0.15, 0.2) is 0 Å². The van der Waals surface area contributed by atoms with Gasteiger partial charge in [-0.25, -0.2) is 8.42 Å². The number of morpholine rings is 1. The van der Waals surface area contributed by atoms with Gasteiger partial charge in [-0.3, -0.25) is 15.6 Å². The molecule has 0 spiro atoms. The Morgan fingerprint density at radius 2 is 1.72 bits per heavy atom. The minimum Gasteiger partial charge on any atom is -0.379 e. The topological polar surface area (TPSA) is 87.7 Å². The molecule has 0 aliphatic carbocycles. The predicted molar refractivity (Wildman–Crippen MR) is 112 cm³/mol. The maximum atomic E-state index is 12.8. The molecule has 1 fully saturated rings. The van der Waals surface area contributed by atoms with Crippen molar-refractivity contribution in [1.82, 2.24) is 15.2 Å². The van der Waals surface area contributed by atoms with Crippen LogP contribution < -0.4 is 10.9 Å². The van der Waals surface area contributed by atoms with Crippen molar-refractivity contribution >= 4 is 44.8 Å². The molecule has 2 aromatic rings. The second kappa shape index (κ2) is 9.15. The van der Waals surface area contributed by atoms with Crippen LogP contribution >= 0.6 is 23.2 Å². The number of halogens is 2. The van der Waals surface area contributed by atoms with Crippen LogP contribution in [0.4, 0.5) is 0 Å². The fraction of sp³-hybridized carbons (Fsp3) is 0.211. The first-order chi connectivity index (χ1) is 13.8. The normalized spacial score (nSPS) is 15.0. The fourth-order valence-corrected chi connectivity index (χ4v) is 4.45. The molecule has 1 saturated heterocycles. The largest absolute Gasteiger partial charge is 0.379 e. The summed E-state index contributed by atoms with van der Waals surface area (Å²) in [6.45, 7) is 5.10. The molecule has 1 aliphatic heterocycles. The van der Waals surface area contributed by atoms with Crippen molar-refractivity contribution < 1.29 is 17.9 Å². The summed E-state index contributed by atoms with van der Waals surface area (Å²) in [5, 5.41) is 0.769.